The van der Waals surface area contributed by atoms with Crippen molar-refractivity contribution >= 4 is 28.9 Å². The van der Waals surface area contributed by atoms with Gasteiger partial charge in [-0.2, -0.15) is 10.2 Å². The zero-order valence-corrected chi connectivity index (χ0v) is 20.8. The Kier molecular flexibility index (Phi) is 7.50. The number of ketones is 1. The largest absolute Gasteiger partial charge is 0.493 e. The van der Waals surface area contributed by atoms with E-state index < -0.39 is 0 Å². The van der Waals surface area contributed by atoms with Crippen LogP contribution in [0.5, 0.6) is 17.2 Å². The van der Waals surface area contributed by atoms with Crippen molar-refractivity contribution in [3.63, 3.8) is 0 Å². The van der Waals surface area contributed by atoms with Gasteiger partial charge in [-0.1, -0.05) is 42.0 Å². The number of ether oxygens (including phenoxy) is 3. The molecule has 0 unspecified atom stereocenters. The Hall–Kier alpha value is -5.10. The van der Waals surface area contributed by atoms with Gasteiger partial charge in [-0.25, -0.2) is 4.98 Å². The Morgan fingerprint density at radius 3 is 2.22 bits per heavy atom. The number of carbonyl (C=O) groups excluding carboxylic acids is 1. The zero-order chi connectivity index (χ0) is 26.4. The summed E-state index contributed by atoms with van der Waals surface area (Å²) in [5.41, 5.74) is 3.39. The van der Waals surface area contributed by atoms with E-state index in [1.807, 2.05) is 19.1 Å². The number of aryl methyl sites for hydroxylation is 1. The summed E-state index contributed by atoms with van der Waals surface area (Å²) >= 11 is 0. The number of nitrogens with zero attached hydrogens (tertiary/aromatic N) is 3. The number of methoxy groups -OCH3 is 3. The number of nitriles is 1. The molecule has 186 valence electrons. The van der Waals surface area contributed by atoms with E-state index in [2.05, 4.69) is 26.7 Å². The molecule has 3 aromatic carbocycles. The number of hydrogen-bond donors (Lipinski definition) is 2. The van der Waals surface area contributed by atoms with Crippen LogP contribution in [-0.2, 0) is 0 Å². The van der Waals surface area contributed by atoms with Crippen molar-refractivity contribution in [3.05, 3.63) is 89.1 Å². The summed E-state index contributed by atoms with van der Waals surface area (Å²) in [6, 6.07) is 20.0. The van der Waals surface area contributed by atoms with Crippen LogP contribution in [0, 0.1) is 18.3 Å². The molecule has 37 heavy (non-hydrogen) atoms. The van der Waals surface area contributed by atoms with Crippen LogP contribution in [0.3, 0.4) is 0 Å². The standard InChI is InChI=1S/C28H25N5O4/c1-17-9-11-18(12-10-17)25(34)21-7-5-6-8-22(21)32-27-19(15-29)16-30-28(33-27)31-20-13-23(35-2)26(37-4)24(14-20)36-3/h5-14,16H,1-4H3,(H2,30,31,32,33). The fraction of sp³-hybridized carbons (Fsp3) is 0.143. The highest BCUT2D eigenvalue weighted by Crippen LogP contribution is 2.40. The molecule has 1 aromatic heterocycles. The van der Waals surface area contributed by atoms with Gasteiger partial charge >= 0.3 is 0 Å². The second-order valence-corrected chi connectivity index (χ2v) is 7.97. The molecule has 2 N–H and O–H groups in total. The van der Waals surface area contributed by atoms with Crippen molar-refractivity contribution < 1.29 is 19.0 Å². The van der Waals surface area contributed by atoms with E-state index in [0.29, 0.717) is 39.8 Å². The van der Waals surface area contributed by atoms with Gasteiger partial charge in [0.2, 0.25) is 11.7 Å². The first-order chi connectivity index (χ1) is 18.0. The Morgan fingerprint density at radius 2 is 1.59 bits per heavy atom. The minimum Gasteiger partial charge on any atom is -0.493 e. The van der Waals surface area contributed by atoms with E-state index in [0.717, 1.165) is 5.56 Å². The van der Waals surface area contributed by atoms with Crippen molar-refractivity contribution in [2.45, 2.75) is 6.92 Å². The maximum Gasteiger partial charge on any atom is 0.229 e. The first-order valence-electron chi connectivity index (χ1n) is 11.3. The fourth-order valence-corrected chi connectivity index (χ4v) is 3.68. The maximum atomic E-state index is 13.2. The molecule has 0 atom stereocenters. The SMILES string of the molecule is COc1cc(Nc2ncc(C#N)c(Nc3ccccc3C(=O)c3ccc(C)cc3)n2)cc(OC)c1OC. The van der Waals surface area contributed by atoms with Crippen LogP contribution in [0.4, 0.5) is 23.1 Å². The lowest BCUT2D eigenvalue weighted by Crippen LogP contribution is -2.08. The van der Waals surface area contributed by atoms with Gasteiger partial charge in [0.15, 0.2) is 23.1 Å². The highest BCUT2D eigenvalue weighted by atomic mass is 16.5. The molecule has 1 heterocycles. The Balaban J connectivity index is 1.67. The summed E-state index contributed by atoms with van der Waals surface area (Å²) in [4.78, 5) is 22.0. The Bertz CT molecular complexity index is 1450. The predicted octanol–water partition coefficient (Wildman–Crippen LogP) is 5.40. The lowest BCUT2D eigenvalue weighted by Gasteiger charge is -2.15. The summed E-state index contributed by atoms with van der Waals surface area (Å²) in [5.74, 6) is 1.69. The minimum absolute atomic E-state index is 0.147. The van der Waals surface area contributed by atoms with E-state index in [4.69, 9.17) is 14.2 Å². The van der Waals surface area contributed by atoms with Crippen molar-refractivity contribution in [1.29, 1.82) is 5.26 Å². The van der Waals surface area contributed by atoms with Crippen LogP contribution in [-0.4, -0.2) is 37.1 Å². The first-order valence-corrected chi connectivity index (χ1v) is 11.3. The van der Waals surface area contributed by atoms with Gasteiger partial charge in [0, 0.05) is 28.9 Å². The second-order valence-electron chi connectivity index (χ2n) is 7.97. The zero-order valence-electron chi connectivity index (χ0n) is 20.8. The van der Waals surface area contributed by atoms with Gasteiger partial charge in [0.05, 0.1) is 33.2 Å². The molecule has 9 nitrogen and oxygen atoms in total. The van der Waals surface area contributed by atoms with Gasteiger partial charge < -0.3 is 24.8 Å². The average molecular weight is 496 g/mol. The number of anilines is 4. The first kappa shape index (κ1) is 25.0. The van der Waals surface area contributed by atoms with E-state index in [-0.39, 0.29) is 23.1 Å². The number of nitrogens with one attached hydrogen (secondary N) is 2. The summed E-state index contributed by atoms with van der Waals surface area (Å²) in [7, 11) is 4.57. The fourth-order valence-electron chi connectivity index (χ4n) is 3.68. The molecule has 4 aromatic rings. The average Bonchev–Trinajstić information content (AvgIpc) is 2.93. The van der Waals surface area contributed by atoms with Crippen LogP contribution >= 0.6 is 0 Å². The number of rotatable bonds is 9. The topological polar surface area (TPSA) is 118 Å². The molecule has 0 bridgehead atoms. The lowest BCUT2D eigenvalue weighted by molar-refractivity contribution is 0.103. The summed E-state index contributed by atoms with van der Waals surface area (Å²) in [6.45, 7) is 1.96. The number of carbonyl (C=O) groups is 1. The summed E-state index contributed by atoms with van der Waals surface area (Å²) < 4.78 is 16.2. The number of aromatic nitrogens is 2. The van der Waals surface area contributed by atoms with Gasteiger partial charge in [-0.3, -0.25) is 4.79 Å². The quantitative estimate of drug-likeness (QED) is 0.294. The van der Waals surface area contributed by atoms with E-state index in [9.17, 15) is 10.1 Å². The van der Waals surface area contributed by atoms with E-state index in [1.165, 1.54) is 27.5 Å². The van der Waals surface area contributed by atoms with E-state index >= 15 is 0 Å². The monoisotopic (exact) mass is 495 g/mol. The maximum absolute atomic E-state index is 13.2. The highest BCUT2D eigenvalue weighted by molar-refractivity contribution is 6.12. The molecule has 0 aliphatic rings. The predicted molar refractivity (Wildman–Crippen MR) is 140 cm³/mol. The van der Waals surface area contributed by atoms with Crippen molar-refractivity contribution in [1.82, 2.24) is 9.97 Å². The van der Waals surface area contributed by atoms with Gasteiger partial charge in [0.1, 0.15) is 11.6 Å². The van der Waals surface area contributed by atoms with Crippen LogP contribution < -0.4 is 24.8 Å². The third-order valence-corrected chi connectivity index (χ3v) is 5.57. The molecule has 0 aliphatic carbocycles. The second kappa shape index (κ2) is 11.1. The number of benzene rings is 3. The van der Waals surface area contributed by atoms with Gasteiger partial charge in [-0.05, 0) is 19.1 Å². The summed E-state index contributed by atoms with van der Waals surface area (Å²) in [6.07, 6.45) is 1.40. The number of para-hydroxylation sites is 1. The molecule has 4 rings (SSSR count). The summed E-state index contributed by atoms with van der Waals surface area (Å²) in [5, 5.41) is 15.9. The molecule has 0 radical (unpaired) electrons. The molecule has 0 fully saturated rings. The van der Waals surface area contributed by atoms with Gasteiger partial charge in [0.25, 0.3) is 0 Å². The molecule has 9 heteroatoms. The Labute approximate surface area is 214 Å². The van der Waals surface area contributed by atoms with Crippen LogP contribution in [0.2, 0.25) is 0 Å². The molecule has 0 saturated heterocycles. The van der Waals surface area contributed by atoms with Crippen molar-refractivity contribution in [3.8, 4) is 23.3 Å². The third-order valence-electron chi connectivity index (χ3n) is 5.57. The molecule has 0 saturated carbocycles. The minimum atomic E-state index is -0.147. The molecular weight excluding hydrogens is 470 g/mol. The highest BCUT2D eigenvalue weighted by Gasteiger charge is 2.17. The van der Waals surface area contributed by atoms with Crippen molar-refractivity contribution in [2.75, 3.05) is 32.0 Å². The molecule has 0 aliphatic heterocycles. The lowest BCUT2D eigenvalue weighted by atomic mass is 10.0. The van der Waals surface area contributed by atoms with Gasteiger partial charge in [-0.15, -0.1) is 0 Å². The Morgan fingerprint density at radius 1 is 0.919 bits per heavy atom. The molecule has 0 spiro atoms. The van der Waals surface area contributed by atoms with Crippen molar-refractivity contribution in [2.24, 2.45) is 0 Å². The van der Waals surface area contributed by atoms with E-state index in [1.54, 1.807) is 48.5 Å². The van der Waals surface area contributed by atoms with Crippen LogP contribution in [0.1, 0.15) is 27.0 Å². The number of hydrogen-bond acceptors (Lipinski definition) is 9. The molecule has 0 amide bonds. The third kappa shape index (κ3) is 5.44. The smallest absolute Gasteiger partial charge is 0.229 e. The van der Waals surface area contributed by atoms with Crippen LogP contribution in [0.25, 0.3) is 0 Å². The molecular formula is C28H25N5O4. The normalized spacial score (nSPS) is 10.2. The van der Waals surface area contributed by atoms with Crippen LogP contribution in [0.15, 0.2) is 66.9 Å².